The van der Waals surface area contributed by atoms with Crippen LogP contribution in [0.2, 0.25) is 0 Å². The number of anilines is 4. The molecule has 614 valence electrons. The van der Waals surface area contributed by atoms with E-state index in [4.69, 9.17) is 21.7 Å². The Morgan fingerprint density at radius 3 is 1.24 bits per heavy atom. The van der Waals surface area contributed by atoms with Crippen molar-refractivity contribution in [1.82, 2.24) is 30.7 Å². The number of thiophene rings is 1. The predicted molar refractivity (Wildman–Crippen MR) is 475 cm³/mol. The first kappa shape index (κ1) is 85.4. The Balaban J connectivity index is 0.000000140. The molecular formula is C91H81N11O14S5. The van der Waals surface area contributed by atoms with Gasteiger partial charge in [-0.2, -0.15) is 8.42 Å². The molecule has 0 fully saturated rings. The number of hydrogen-bond donors (Lipinski definition) is 6. The molecule has 25 nitrogen and oxygen atoms in total. The predicted octanol–water partition coefficient (Wildman–Crippen LogP) is 14.8. The van der Waals surface area contributed by atoms with Crippen LogP contribution in [-0.2, 0) is 58.0 Å². The van der Waals surface area contributed by atoms with Crippen LogP contribution >= 0.6 is 11.3 Å². The molecule has 0 saturated heterocycles. The lowest BCUT2D eigenvalue weighted by Gasteiger charge is -2.11. The van der Waals surface area contributed by atoms with Gasteiger partial charge < -0.3 is 42.1 Å². The summed E-state index contributed by atoms with van der Waals surface area (Å²) in [5, 5.41) is 25.9. The number of Topliss-reactive ketones (excluding diaryl/α,β-unsaturated/α-hetero) is 1. The zero-order valence-corrected chi connectivity index (χ0v) is 69.6. The van der Waals surface area contributed by atoms with E-state index < -0.39 is 64.9 Å². The first-order valence-corrected chi connectivity index (χ1v) is 44.0. The van der Waals surface area contributed by atoms with Crippen LogP contribution in [0.15, 0.2) is 335 Å². The van der Waals surface area contributed by atoms with Crippen LogP contribution in [0, 0.1) is 0 Å². The van der Waals surface area contributed by atoms with Crippen LogP contribution < -0.4 is 22.1 Å². The molecule has 0 unspecified atom stereocenters. The van der Waals surface area contributed by atoms with Crippen LogP contribution in [0.4, 0.5) is 22.7 Å². The molecule has 0 radical (unpaired) electrons. The molecule has 0 atom stereocenters. The van der Waals surface area contributed by atoms with E-state index in [9.17, 15) is 52.8 Å². The maximum absolute atomic E-state index is 13.3. The molecule has 0 aliphatic carbocycles. The van der Waals surface area contributed by atoms with Crippen molar-refractivity contribution in [3.05, 3.63) is 349 Å². The first-order chi connectivity index (χ1) is 58.0. The molecule has 2 amide bonds. The Bertz CT molecular complexity index is 7050. The van der Waals surface area contributed by atoms with Crippen LogP contribution in [0.5, 0.6) is 0 Å². The molecule has 0 aliphatic rings. The molecule has 10 aromatic carbocycles. The van der Waals surface area contributed by atoms with Crippen molar-refractivity contribution >= 4 is 147 Å². The van der Waals surface area contributed by atoms with E-state index in [1.807, 2.05) is 98.7 Å². The normalized spacial score (nSPS) is 11.8. The van der Waals surface area contributed by atoms with Crippen molar-refractivity contribution in [2.24, 2.45) is 0 Å². The van der Waals surface area contributed by atoms with Gasteiger partial charge in [0, 0.05) is 82.3 Å². The highest BCUT2D eigenvalue weighted by Gasteiger charge is 2.26. The van der Waals surface area contributed by atoms with E-state index in [2.05, 4.69) is 15.6 Å². The smallest absolute Gasteiger partial charge is 0.277 e. The van der Waals surface area contributed by atoms with Gasteiger partial charge in [0.2, 0.25) is 0 Å². The number of nitrogen functional groups attached to an aromatic ring is 2. The number of pyridine rings is 1. The molecular weight excluding hydrogens is 1630 g/mol. The number of nitrogens with two attached hydrogens (primary N) is 2. The van der Waals surface area contributed by atoms with E-state index in [0.29, 0.717) is 77.7 Å². The number of aromatic nitrogens is 5. The van der Waals surface area contributed by atoms with E-state index in [-0.39, 0.29) is 30.7 Å². The lowest BCUT2D eigenvalue weighted by Crippen LogP contribution is -2.14. The largest absolute Gasteiger partial charge is 0.397 e. The molecule has 0 spiro atoms. The Morgan fingerprint density at radius 2 is 0.810 bits per heavy atom. The van der Waals surface area contributed by atoms with Crippen molar-refractivity contribution < 1.29 is 63.1 Å². The van der Waals surface area contributed by atoms with Crippen LogP contribution in [0.25, 0.3) is 71.4 Å². The second-order valence-corrected chi connectivity index (χ2v) is 36.8. The minimum Gasteiger partial charge on any atom is -0.397 e. The lowest BCUT2D eigenvalue weighted by atomic mass is 10.1. The van der Waals surface area contributed by atoms with Crippen LogP contribution in [0.3, 0.4) is 0 Å². The summed E-state index contributed by atoms with van der Waals surface area (Å²) in [6, 6.07) is 79.5. The number of nitrogens with zero attached hydrogens (tertiary/aromatic N) is 7. The molecule has 6 aromatic heterocycles. The minimum atomic E-state index is -3.81. The second kappa shape index (κ2) is 36.8. The summed E-state index contributed by atoms with van der Waals surface area (Å²) in [6.45, 7) is 0.348. The van der Waals surface area contributed by atoms with E-state index >= 15 is 0 Å². The Labute approximate surface area is 702 Å². The van der Waals surface area contributed by atoms with Gasteiger partial charge in [0.25, 0.3) is 51.9 Å². The molecule has 6 heterocycles. The molecule has 16 aromatic rings. The summed E-state index contributed by atoms with van der Waals surface area (Å²) in [7, 11) is -7.25. The lowest BCUT2D eigenvalue weighted by molar-refractivity contribution is -0.117. The van der Waals surface area contributed by atoms with Crippen molar-refractivity contribution in [3.8, 4) is 21.7 Å². The van der Waals surface area contributed by atoms with Gasteiger partial charge in [0.15, 0.2) is 11.6 Å². The Morgan fingerprint density at radius 1 is 0.413 bits per heavy atom. The summed E-state index contributed by atoms with van der Waals surface area (Å²) >= 11 is 1.16. The number of aliphatic hydroxyl groups excluding tert-OH is 2. The van der Waals surface area contributed by atoms with Gasteiger partial charge in [-0.15, -0.1) is 11.3 Å². The summed E-state index contributed by atoms with van der Waals surface area (Å²) in [4.78, 5) is 57.9. The SMILES string of the molecule is CN(C)Cc1ccc(S(=O)(=O)n2ccc3cc(/C=C/C(=O)CO)ccc32)cc1.CN(C)Cc1ccc(S(=O)(=O)n2ccc3cc(C(=O)CO)ccc32)cc1.Nc1ccccc1NC(=O)c1ccc2c(ccn2S(=O)(=O)c2ccc(-c3ccccc3)cc2)c1.Nc1ccccc1NC(=O)c1ccc2c(ccn2S(=O)(=O)c2ccc(-c3ccccn3)s2)c1. The number of para-hydroxylation sites is 4. The third-order valence-electron chi connectivity index (χ3n) is 19.2. The highest BCUT2D eigenvalue weighted by Crippen LogP contribution is 2.35. The fourth-order valence-electron chi connectivity index (χ4n) is 13.1. The quantitative estimate of drug-likeness (QED) is 0.0197. The Kier molecular flexibility index (Phi) is 25.9. The number of rotatable bonds is 23. The second-order valence-electron chi connectivity index (χ2n) is 28.2. The topological polar surface area (TPSA) is 360 Å². The van der Waals surface area contributed by atoms with Crippen molar-refractivity contribution in [3.63, 3.8) is 0 Å². The summed E-state index contributed by atoms with van der Waals surface area (Å²) in [5.74, 6) is -1.45. The number of carbonyl (C=O) groups is 4. The maximum Gasteiger partial charge on any atom is 0.277 e. The van der Waals surface area contributed by atoms with Crippen molar-refractivity contribution in [2.75, 3.05) is 63.5 Å². The third-order valence-corrected chi connectivity index (χ3v) is 27.5. The zero-order chi connectivity index (χ0) is 85.9. The van der Waals surface area contributed by atoms with E-state index in [1.54, 1.807) is 225 Å². The molecule has 16 rings (SSSR count). The van der Waals surface area contributed by atoms with E-state index in [0.717, 1.165) is 68.2 Å². The maximum atomic E-state index is 13.3. The number of ketones is 2. The number of benzene rings is 10. The summed E-state index contributed by atoms with van der Waals surface area (Å²) in [6.07, 6.45) is 10.6. The highest BCUT2D eigenvalue weighted by molar-refractivity contribution is 7.92. The van der Waals surface area contributed by atoms with Gasteiger partial charge in [-0.05, 0) is 238 Å². The highest BCUT2D eigenvalue weighted by atomic mass is 32.2. The number of nitrogens with one attached hydrogen (secondary N) is 2. The molecule has 121 heavy (non-hydrogen) atoms. The van der Waals surface area contributed by atoms with Crippen LogP contribution in [0.1, 0.15) is 47.8 Å². The zero-order valence-electron chi connectivity index (χ0n) is 65.5. The van der Waals surface area contributed by atoms with Gasteiger partial charge >= 0.3 is 0 Å². The standard InChI is InChI=1S/C27H21N3O3S.C24H18N4O3S2.C21H22N2O4S.C19H20N2O4S/c28-24-8-4-5-9-25(24)29-27(31)22-12-15-26-21(18-22)16-17-30(26)34(32,33)23-13-10-20(11-14-23)19-6-2-1-3-7-19;25-18-5-1-2-6-19(18)27-24(29)17-8-9-21-16(15-17)12-14-28(21)33(30,31)23-11-10-22(32-23)20-7-3-4-13-26-20;1-22(2)14-17-4-8-20(9-5-17)28(26,27)23-12-11-18-13-16(6-10-21(18)23)3-7-19(25)15-24;1-20(2)12-14-3-6-17(7-4-14)26(24,25)21-10-9-15-11-16(19(23)13-22)5-8-18(15)21/h1-18H,28H2,(H,29,31);1-15H,25H2,(H,27,29);3-13,24H,14-15H2,1-2H3;3-11,22H,12-13H2,1-2H3/b;;7-3+;. The number of hydrogen-bond acceptors (Lipinski definition) is 20. The average Bonchev–Trinajstić information content (AvgIpc) is 1.63. The molecule has 0 aliphatic heterocycles. The van der Waals surface area contributed by atoms with Gasteiger partial charge in [-0.3, -0.25) is 24.2 Å². The van der Waals surface area contributed by atoms with Crippen LogP contribution in [-0.4, -0.2) is 139 Å². The van der Waals surface area contributed by atoms with Gasteiger partial charge in [0.05, 0.1) is 70.1 Å². The van der Waals surface area contributed by atoms with Gasteiger partial charge in [-0.25, -0.2) is 41.1 Å². The fraction of sp³-hybridized carbons (Fsp3) is 0.0879. The van der Waals surface area contributed by atoms with Gasteiger partial charge in [0.1, 0.15) is 17.4 Å². The fourth-order valence-corrected chi connectivity index (χ4v) is 19.9. The Hall–Kier alpha value is -13.5. The summed E-state index contributed by atoms with van der Waals surface area (Å²) < 4.78 is 110. The first-order valence-electron chi connectivity index (χ1n) is 37.4. The van der Waals surface area contributed by atoms with Gasteiger partial charge in [-0.1, -0.05) is 109 Å². The number of carbonyl (C=O) groups excluding carboxylic acids is 4. The molecule has 8 N–H and O–H groups in total. The molecule has 0 bridgehead atoms. The average molecular weight is 1710 g/mol. The number of fused-ring (bicyclic) bond motifs is 4. The van der Waals surface area contributed by atoms with Crippen molar-refractivity contribution in [2.45, 2.75) is 32.0 Å². The molecule has 30 heteroatoms. The number of amides is 2. The van der Waals surface area contributed by atoms with E-state index in [1.165, 1.54) is 52.8 Å². The summed E-state index contributed by atoms with van der Waals surface area (Å²) in [5.41, 5.74) is 22.4. The monoisotopic (exact) mass is 1710 g/mol. The minimum absolute atomic E-state index is 0.186. The number of aliphatic hydroxyl groups is 2. The third kappa shape index (κ3) is 19.4. The molecule has 0 saturated carbocycles. The van der Waals surface area contributed by atoms with Crippen molar-refractivity contribution in [1.29, 1.82) is 0 Å².